The maximum absolute atomic E-state index is 13.3. The number of para-hydroxylation sites is 2. The predicted molar refractivity (Wildman–Crippen MR) is 106 cm³/mol. The zero-order valence-electron chi connectivity index (χ0n) is 15.9. The molecule has 0 bridgehead atoms. The zero-order valence-corrected chi connectivity index (χ0v) is 15.9. The molecule has 5 rings (SSSR count). The standard InChI is InChI=1S/C22H16N2O6/c1-28-22(27)14-7-3-4-8-15(14)24-20(25)17-18(23-30-19(17)21(24)26)13-10-12-6-2-5-9-16(12)29-11-13/h2-10,17,19H,11H2,1H3/t17-,19+/m0/s1. The summed E-state index contributed by atoms with van der Waals surface area (Å²) < 4.78 is 10.5. The van der Waals surface area contributed by atoms with Crippen LogP contribution in [-0.4, -0.2) is 43.3 Å². The number of carbonyl (C=O) groups is 3. The van der Waals surface area contributed by atoms with E-state index in [1.54, 1.807) is 12.1 Å². The quantitative estimate of drug-likeness (QED) is 0.575. The number of carbonyl (C=O) groups excluding carboxylic acids is 3. The third-order valence-corrected chi connectivity index (χ3v) is 5.32. The fourth-order valence-corrected chi connectivity index (χ4v) is 3.89. The number of amides is 2. The molecule has 0 saturated carbocycles. The molecule has 30 heavy (non-hydrogen) atoms. The van der Waals surface area contributed by atoms with Gasteiger partial charge < -0.3 is 14.3 Å². The van der Waals surface area contributed by atoms with Gasteiger partial charge in [-0.3, -0.25) is 9.59 Å². The fourth-order valence-electron chi connectivity index (χ4n) is 3.89. The van der Waals surface area contributed by atoms with Gasteiger partial charge in [-0.15, -0.1) is 0 Å². The summed E-state index contributed by atoms with van der Waals surface area (Å²) in [5.74, 6) is -1.88. The Morgan fingerprint density at radius 1 is 1.10 bits per heavy atom. The Bertz CT molecular complexity index is 1150. The summed E-state index contributed by atoms with van der Waals surface area (Å²) in [7, 11) is 1.24. The Hall–Kier alpha value is -3.94. The second kappa shape index (κ2) is 6.84. The molecule has 2 atom stereocenters. The SMILES string of the molecule is COC(=O)c1ccccc1N1C(=O)[C@H]2C(C3=Cc4ccccc4OC3)=NO[C@H]2C1=O. The smallest absolute Gasteiger partial charge is 0.339 e. The van der Waals surface area contributed by atoms with E-state index in [1.807, 2.05) is 30.3 Å². The highest BCUT2D eigenvalue weighted by atomic mass is 16.7. The van der Waals surface area contributed by atoms with Gasteiger partial charge in [-0.1, -0.05) is 35.5 Å². The number of benzene rings is 2. The van der Waals surface area contributed by atoms with Crippen LogP contribution in [0.25, 0.3) is 6.08 Å². The Morgan fingerprint density at radius 3 is 2.70 bits per heavy atom. The summed E-state index contributed by atoms with van der Waals surface area (Å²) in [5.41, 5.74) is 2.18. The van der Waals surface area contributed by atoms with Crippen LogP contribution in [0.15, 0.2) is 59.3 Å². The first kappa shape index (κ1) is 18.1. The van der Waals surface area contributed by atoms with E-state index < -0.39 is 29.8 Å². The number of anilines is 1. The number of esters is 1. The Morgan fingerprint density at radius 2 is 1.87 bits per heavy atom. The summed E-state index contributed by atoms with van der Waals surface area (Å²) >= 11 is 0. The van der Waals surface area contributed by atoms with Crippen molar-refractivity contribution in [1.82, 2.24) is 0 Å². The van der Waals surface area contributed by atoms with Gasteiger partial charge in [0.2, 0.25) is 12.0 Å². The van der Waals surface area contributed by atoms with Crippen molar-refractivity contribution in [3.05, 3.63) is 65.2 Å². The molecule has 1 fully saturated rings. The third-order valence-electron chi connectivity index (χ3n) is 5.32. The summed E-state index contributed by atoms with van der Waals surface area (Å²) in [6, 6.07) is 13.8. The van der Waals surface area contributed by atoms with E-state index in [9.17, 15) is 14.4 Å². The van der Waals surface area contributed by atoms with E-state index in [1.165, 1.54) is 19.2 Å². The Kier molecular flexibility index (Phi) is 4.13. The zero-order chi connectivity index (χ0) is 20.8. The average molecular weight is 404 g/mol. The minimum absolute atomic E-state index is 0.120. The first-order valence-corrected chi connectivity index (χ1v) is 9.32. The molecule has 3 heterocycles. The molecule has 3 aliphatic rings. The van der Waals surface area contributed by atoms with Crippen molar-refractivity contribution in [1.29, 1.82) is 0 Å². The Labute approximate surface area is 171 Å². The molecule has 3 aliphatic heterocycles. The van der Waals surface area contributed by atoms with Crippen LogP contribution >= 0.6 is 0 Å². The van der Waals surface area contributed by atoms with Crippen molar-refractivity contribution in [3.63, 3.8) is 0 Å². The van der Waals surface area contributed by atoms with Crippen LogP contribution in [0.3, 0.4) is 0 Å². The van der Waals surface area contributed by atoms with Crippen LogP contribution in [0.2, 0.25) is 0 Å². The van der Waals surface area contributed by atoms with Crippen LogP contribution < -0.4 is 9.64 Å². The number of rotatable bonds is 3. The number of oxime groups is 1. The molecule has 0 aromatic heterocycles. The van der Waals surface area contributed by atoms with Gasteiger partial charge in [-0.2, -0.15) is 0 Å². The number of hydrogen-bond acceptors (Lipinski definition) is 7. The lowest BCUT2D eigenvalue weighted by molar-refractivity contribution is -0.126. The second-order valence-electron chi connectivity index (χ2n) is 7.00. The highest BCUT2D eigenvalue weighted by molar-refractivity contribution is 6.33. The lowest BCUT2D eigenvalue weighted by atomic mass is 9.92. The molecule has 2 aromatic carbocycles. The van der Waals surface area contributed by atoms with E-state index in [2.05, 4.69) is 5.16 Å². The fraction of sp³-hybridized carbons (Fsp3) is 0.182. The van der Waals surface area contributed by atoms with Gasteiger partial charge in [0.15, 0.2) is 0 Å². The predicted octanol–water partition coefficient (Wildman–Crippen LogP) is 2.19. The van der Waals surface area contributed by atoms with E-state index in [0.717, 1.165) is 16.2 Å². The lowest BCUT2D eigenvalue weighted by Gasteiger charge is -2.20. The van der Waals surface area contributed by atoms with Gasteiger partial charge in [-0.05, 0) is 24.3 Å². The van der Waals surface area contributed by atoms with Crippen molar-refractivity contribution in [3.8, 4) is 5.75 Å². The number of nitrogens with zero attached hydrogens (tertiary/aromatic N) is 2. The van der Waals surface area contributed by atoms with Gasteiger partial charge in [-0.25, -0.2) is 9.69 Å². The first-order chi connectivity index (χ1) is 14.6. The van der Waals surface area contributed by atoms with Crippen molar-refractivity contribution in [2.24, 2.45) is 11.1 Å². The molecule has 0 unspecified atom stereocenters. The van der Waals surface area contributed by atoms with Crippen molar-refractivity contribution in [2.75, 3.05) is 18.6 Å². The van der Waals surface area contributed by atoms with Gasteiger partial charge in [0.25, 0.3) is 5.91 Å². The van der Waals surface area contributed by atoms with Crippen molar-refractivity contribution >= 4 is 35.3 Å². The molecule has 0 spiro atoms. The number of fused-ring (bicyclic) bond motifs is 2. The minimum Gasteiger partial charge on any atom is -0.488 e. The molecule has 0 radical (unpaired) electrons. The van der Waals surface area contributed by atoms with Crippen LogP contribution in [-0.2, 0) is 19.2 Å². The van der Waals surface area contributed by atoms with E-state index in [0.29, 0.717) is 11.3 Å². The van der Waals surface area contributed by atoms with E-state index >= 15 is 0 Å². The maximum Gasteiger partial charge on any atom is 0.339 e. The molecule has 8 heteroatoms. The van der Waals surface area contributed by atoms with Gasteiger partial charge in [0.1, 0.15) is 24.0 Å². The van der Waals surface area contributed by atoms with Crippen LogP contribution in [0.5, 0.6) is 5.75 Å². The number of hydrogen-bond donors (Lipinski definition) is 0. The average Bonchev–Trinajstić information content (AvgIpc) is 3.33. The summed E-state index contributed by atoms with van der Waals surface area (Å²) in [5, 5.41) is 4.03. The molecule has 0 N–H and O–H groups in total. The molecule has 0 aliphatic carbocycles. The molecule has 2 amide bonds. The van der Waals surface area contributed by atoms with Crippen LogP contribution in [0, 0.1) is 5.92 Å². The molecule has 2 aromatic rings. The van der Waals surface area contributed by atoms with Crippen LogP contribution in [0.1, 0.15) is 15.9 Å². The third kappa shape index (κ3) is 2.61. The highest BCUT2D eigenvalue weighted by Gasteiger charge is 2.57. The van der Waals surface area contributed by atoms with E-state index in [-0.39, 0.29) is 17.9 Å². The summed E-state index contributed by atoms with van der Waals surface area (Å²) in [4.78, 5) is 44.7. The number of ether oxygens (including phenoxy) is 2. The molecular weight excluding hydrogens is 388 g/mol. The van der Waals surface area contributed by atoms with Crippen LogP contribution in [0.4, 0.5) is 5.69 Å². The highest BCUT2D eigenvalue weighted by Crippen LogP contribution is 2.38. The van der Waals surface area contributed by atoms with E-state index in [4.69, 9.17) is 14.3 Å². The largest absolute Gasteiger partial charge is 0.488 e. The first-order valence-electron chi connectivity index (χ1n) is 9.32. The summed E-state index contributed by atoms with van der Waals surface area (Å²) in [6.45, 7) is 0.211. The minimum atomic E-state index is -1.07. The molecule has 8 nitrogen and oxygen atoms in total. The number of imide groups is 1. The topological polar surface area (TPSA) is 94.5 Å². The lowest BCUT2D eigenvalue weighted by Crippen LogP contribution is -2.35. The van der Waals surface area contributed by atoms with Gasteiger partial charge in [0, 0.05) is 11.1 Å². The second-order valence-corrected chi connectivity index (χ2v) is 7.00. The summed E-state index contributed by atoms with van der Waals surface area (Å²) in [6.07, 6.45) is 0.808. The van der Waals surface area contributed by atoms with Crippen molar-refractivity contribution < 1.29 is 28.7 Å². The molecule has 1 saturated heterocycles. The monoisotopic (exact) mass is 404 g/mol. The molecular formula is C22H16N2O6. The molecule has 150 valence electrons. The Balaban J connectivity index is 1.51. The normalized spacial score (nSPS) is 21.8. The van der Waals surface area contributed by atoms with Crippen molar-refractivity contribution in [2.45, 2.75) is 6.10 Å². The van der Waals surface area contributed by atoms with Gasteiger partial charge in [0.05, 0.1) is 18.4 Å². The number of methoxy groups -OCH3 is 1. The van der Waals surface area contributed by atoms with Gasteiger partial charge >= 0.3 is 5.97 Å². The maximum atomic E-state index is 13.3.